The molecule has 0 radical (unpaired) electrons. The number of aromatic nitrogens is 4. The summed E-state index contributed by atoms with van der Waals surface area (Å²) in [7, 11) is 0. The number of nitrogens with two attached hydrogens (primary N) is 1. The average Bonchev–Trinajstić information content (AvgIpc) is 2.61. The first-order valence-electron chi connectivity index (χ1n) is 5.69. The SMILES string of the molecule is CCCCCc1nc2nc(C)cc(N)n2n1. The molecule has 0 aliphatic rings. The lowest BCUT2D eigenvalue weighted by molar-refractivity contribution is 0.692. The van der Waals surface area contributed by atoms with Crippen LogP contribution >= 0.6 is 0 Å². The van der Waals surface area contributed by atoms with Crippen LogP contribution in [-0.2, 0) is 6.42 Å². The molecule has 0 atom stereocenters. The Morgan fingerprint density at radius 1 is 1.31 bits per heavy atom. The summed E-state index contributed by atoms with van der Waals surface area (Å²) in [6.07, 6.45) is 4.42. The fourth-order valence-corrected chi connectivity index (χ4v) is 1.70. The Labute approximate surface area is 94.7 Å². The van der Waals surface area contributed by atoms with Gasteiger partial charge >= 0.3 is 0 Å². The van der Waals surface area contributed by atoms with Gasteiger partial charge in [0.25, 0.3) is 5.78 Å². The van der Waals surface area contributed by atoms with Gasteiger partial charge in [0, 0.05) is 18.2 Å². The number of hydrogen-bond acceptors (Lipinski definition) is 4. The van der Waals surface area contributed by atoms with E-state index < -0.39 is 0 Å². The van der Waals surface area contributed by atoms with Crippen LogP contribution in [-0.4, -0.2) is 19.6 Å². The van der Waals surface area contributed by atoms with Crippen LogP contribution in [0, 0.1) is 6.92 Å². The van der Waals surface area contributed by atoms with Crippen LogP contribution in [0.1, 0.15) is 37.7 Å². The third-order valence-corrected chi connectivity index (χ3v) is 2.52. The number of anilines is 1. The summed E-state index contributed by atoms with van der Waals surface area (Å²) >= 11 is 0. The molecule has 0 aromatic carbocycles. The van der Waals surface area contributed by atoms with Crippen molar-refractivity contribution in [2.24, 2.45) is 0 Å². The Kier molecular flexibility index (Phi) is 3.03. The van der Waals surface area contributed by atoms with E-state index in [9.17, 15) is 0 Å². The lowest BCUT2D eigenvalue weighted by Crippen LogP contribution is -2.01. The minimum absolute atomic E-state index is 0.594. The van der Waals surface area contributed by atoms with Gasteiger partial charge in [-0.25, -0.2) is 4.98 Å². The van der Waals surface area contributed by atoms with Gasteiger partial charge in [-0.05, 0) is 13.3 Å². The molecule has 0 aliphatic heterocycles. The van der Waals surface area contributed by atoms with Crippen molar-refractivity contribution in [3.8, 4) is 0 Å². The van der Waals surface area contributed by atoms with Crippen LogP contribution < -0.4 is 5.73 Å². The van der Waals surface area contributed by atoms with Gasteiger partial charge in [0.05, 0.1) is 0 Å². The van der Waals surface area contributed by atoms with E-state index in [4.69, 9.17) is 5.73 Å². The molecule has 5 heteroatoms. The molecule has 0 saturated heterocycles. The van der Waals surface area contributed by atoms with Gasteiger partial charge in [0.15, 0.2) is 5.82 Å². The highest BCUT2D eigenvalue weighted by Crippen LogP contribution is 2.09. The first-order chi connectivity index (χ1) is 7.70. The Morgan fingerprint density at radius 2 is 2.12 bits per heavy atom. The van der Waals surface area contributed by atoms with Crippen LogP contribution in [0.2, 0.25) is 0 Å². The van der Waals surface area contributed by atoms with Crippen molar-refractivity contribution in [2.75, 3.05) is 5.73 Å². The summed E-state index contributed by atoms with van der Waals surface area (Å²) in [5.74, 6) is 2.03. The predicted octanol–water partition coefficient (Wildman–Crippen LogP) is 1.75. The number of rotatable bonds is 4. The van der Waals surface area contributed by atoms with Crippen LogP contribution in [0.25, 0.3) is 5.78 Å². The highest BCUT2D eigenvalue weighted by atomic mass is 15.3. The molecule has 2 N–H and O–H groups in total. The van der Waals surface area contributed by atoms with Crippen molar-refractivity contribution in [3.05, 3.63) is 17.6 Å². The molecule has 2 aromatic rings. The van der Waals surface area contributed by atoms with E-state index in [1.54, 1.807) is 10.6 Å². The molecular weight excluding hydrogens is 202 g/mol. The fraction of sp³-hybridized carbons (Fsp3) is 0.545. The molecule has 0 aliphatic carbocycles. The largest absolute Gasteiger partial charge is 0.383 e. The maximum atomic E-state index is 5.85. The van der Waals surface area contributed by atoms with Crippen LogP contribution in [0.5, 0.6) is 0 Å². The summed E-state index contributed by atoms with van der Waals surface area (Å²) in [5, 5.41) is 4.34. The third-order valence-electron chi connectivity index (χ3n) is 2.52. The van der Waals surface area contributed by atoms with E-state index in [0.29, 0.717) is 11.6 Å². The average molecular weight is 219 g/mol. The third kappa shape index (κ3) is 2.13. The van der Waals surface area contributed by atoms with E-state index in [1.165, 1.54) is 12.8 Å². The van der Waals surface area contributed by atoms with Gasteiger partial charge in [-0.1, -0.05) is 19.8 Å². The van der Waals surface area contributed by atoms with Gasteiger partial charge in [0.1, 0.15) is 5.82 Å². The number of hydrogen-bond donors (Lipinski definition) is 1. The second-order valence-corrected chi connectivity index (χ2v) is 4.02. The molecule has 0 bridgehead atoms. The summed E-state index contributed by atoms with van der Waals surface area (Å²) in [6, 6.07) is 1.80. The molecule has 5 nitrogen and oxygen atoms in total. The van der Waals surface area contributed by atoms with Crippen molar-refractivity contribution >= 4 is 11.6 Å². The van der Waals surface area contributed by atoms with Gasteiger partial charge in [-0.15, -0.1) is 5.10 Å². The quantitative estimate of drug-likeness (QED) is 0.795. The highest BCUT2D eigenvalue weighted by molar-refractivity contribution is 5.41. The zero-order chi connectivity index (χ0) is 11.5. The van der Waals surface area contributed by atoms with Gasteiger partial charge < -0.3 is 5.73 Å². The zero-order valence-electron chi connectivity index (χ0n) is 9.77. The molecule has 0 fully saturated rings. The number of fused-ring (bicyclic) bond motifs is 1. The standard InChI is InChI=1S/C11H17N5/c1-3-4-5-6-10-14-11-13-8(2)7-9(12)16(11)15-10/h7H,3-6,12H2,1-2H3. The second kappa shape index (κ2) is 4.47. The normalized spacial score (nSPS) is 11.1. The Balaban J connectivity index is 2.26. The number of aryl methyl sites for hydroxylation is 2. The smallest absolute Gasteiger partial charge is 0.254 e. The lowest BCUT2D eigenvalue weighted by atomic mass is 10.2. The molecule has 0 amide bonds. The molecule has 86 valence electrons. The molecular formula is C11H17N5. The topological polar surface area (TPSA) is 69.1 Å². The van der Waals surface area contributed by atoms with Gasteiger partial charge in [-0.2, -0.15) is 9.50 Å². The summed E-state index contributed by atoms with van der Waals surface area (Å²) in [4.78, 5) is 8.66. The first kappa shape index (κ1) is 10.9. The monoisotopic (exact) mass is 219 g/mol. The second-order valence-electron chi connectivity index (χ2n) is 4.02. The highest BCUT2D eigenvalue weighted by Gasteiger charge is 2.07. The molecule has 0 unspecified atom stereocenters. The van der Waals surface area contributed by atoms with E-state index in [0.717, 1.165) is 24.4 Å². The molecule has 2 rings (SSSR count). The van der Waals surface area contributed by atoms with E-state index in [-0.39, 0.29) is 0 Å². The van der Waals surface area contributed by atoms with Crippen molar-refractivity contribution in [1.82, 2.24) is 19.6 Å². The van der Waals surface area contributed by atoms with Crippen LogP contribution in [0.3, 0.4) is 0 Å². The number of unbranched alkanes of at least 4 members (excludes halogenated alkanes) is 2. The Morgan fingerprint density at radius 3 is 2.88 bits per heavy atom. The summed E-state index contributed by atoms with van der Waals surface area (Å²) in [6.45, 7) is 4.09. The summed E-state index contributed by atoms with van der Waals surface area (Å²) < 4.78 is 1.61. The number of nitrogen functional groups attached to an aromatic ring is 1. The van der Waals surface area contributed by atoms with Crippen molar-refractivity contribution < 1.29 is 0 Å². The maximum Gasteiger partial charge on any atom is 0.254 e. The first-order valence-corrected chi connectivity index (χ1v) is 5.69. The van der Waals surface area contributed by atoms with Crippen molar-refractivity contribution in [3.63, 3.8) is 0 Å². The van der Waals surface area contributed by atoms with E-state index in [2.05, 4.69) is 22.0 Å². The fourth-order valence-electron chi connectivity index (χ4n) is 1.70. The molecule has 2 heterocycles. The lowest BCUT2D eigenvalue weighted by Gasteiger charge is -1.97. The van der Waals surface area contributed by atoms with Crippen molar-refractivity contribution in [2.45, 2.75) is 39.5 Å². The van der Waals surface area contributed by atoms with Gasteiger partial charge in [-0.3, -0.25) is 0 Å². The van der Waals surface area contributed by atoms with E-state index >= 15 is 0 Å². The Hall–Kier alpha value is -1.65. The minimum atomic E-state index is 0.594. The minimum Gasteiger partial charge on any atom is -0.383 e. The van der Waals surface area contributed by atoms with Crippen LogP contribution in [0.4, 0.5) is 5.82 Å². The van der Waals surface area contributed by atoms with Crippen LogP contribution in [0.15, 0.2) is 6.07 Å². The predicted molar refractivity (Wildman–Crippen MR) is 63.2 cm³/mol. The maximum absolute atomic E-state index is 5.85. The molecule has 2 aromatic heterocycles. The number of nitrogens with zero attached hydrogens (tertiary/aromatic N) is 4. The summed E-state index contributed by atoms with van der Waals surface area (Å²) in [5.41, 5.74) is 6.72. The molecule has 16 heavy (non-hydrogen) atoms. The zero-order valence-corrected chi connectivity index (χ0v) is 9.77. The van der Waals surface area contributed by atoms with Crippen molar-refractivity contribution in [1.29, 1.82) is 0 Å². The molecule has 0 spiro atoms. The van der Waals surface area contributed by atoms with Gasteiger partial charge in [0.2, 0.25) is 0 Å². The Bertz CT molecular complexity index is 488. The van der Waals surface area contributed by atoms with E-state index in [1.807, 2.05) is 6.92 Å². The molecule has 0 saturated carbocycles.